The van der Waals surface area contributed by atoms with Crippen molar-refractivity contribution >= 4 is 29.6 Å². The Labute approximate surface area is 131 Å². The summed E-state index contributed by atoms with van der Waals surface area (Å²) in [5, 5.41) is 4.25. The Bertz CT molecular complexity index is 714. The molecular weight excluding hydrogens is 306 g/mol. The second kappa shape index (κ2) is 7.24. The normalized spacial score (nSPS) is 10.4. The number of halogens is 1. The number of hydrazone groups is 1. The van der Waals surface area contributed by atoms with Crippen LogP contribution in [-0.2, 0) is 9.59 Å². The fourth-order valence-electron chi connectivity index (χ4n) is 1.52. The van der Waals surface area contributed by atoms with Gasteiger partial charge >= 0.3 is 11.8 Å². The minimum Gasteiger partial charge on any atom is -0.457 e. The quantitative estimate of drug-likeness (QED) is 0.513. The first-order chi connectivity index (χ1) is 10.5. The predicted octanol–water partition coefficient (Wildman–Crippen LogP) is 2.07. The number of hydrogen-bond donors (Lipinski definition) is 2. The van der Waals surface area contributed by atoms with Gasteiger partial charge in [-0.15, -0.1) is 0 Å². The number of carbonyl (C=O) groups is 2. The molecule has 0 saturated heterocycles. The SMILES string of the molecule is NC(=O)C(=O)N/N=C\c1cccc(Oc2ccc(Cl)cc2)c1. The molecule has 0 unspecified atom stereocenters. The summed E-state index contributed by atoms with van der Waals surface area (Å²) in [7, 11) is 0. The zero-order valence-corrected chi connectivity index (χ0v) is 12.1. The molecule has 2 rings (SSSR count). The zero-order valence-electron chi connectivity index (χ0n) is 11.3. The summed E-state index contributed by atoms with van der Waals surface area (Å²) in [6.45, 7) is 0. The van der Waals surface area contributed by atoms with Crippen molar-refractivity contribution in [3.05, 3.63) is 59.1 Å². The largest absolute Gasteiger partial charge is 0.457 e. The van der Waals surface area contributed by atoms with E-state index in [0.29, 0.717) is 22.1 Å². The average Bonchev–Trinajstić information content (AvgIpc) is 2.50. The van der Waals surface area contributed by atoms with Crippen LogP contribution in [0.5, 0.6) is 11.5 Å². The summed E-state index contributed by atoms with van der Waals surface area (Å²) in [6, 6.07) is 14.0. The molecule has 0 fully saturated rings. The summed E-state index contributed by atoms with van der Waals surface area (Å²) in [6.07, 6.45) is 1.37. The molecule has 0 aromatic heterocycles. The van der Waals surface area contributed by atoms with Gasteiger partial charge in [0.25, 0.3) is 0 Å². The topological polar surface area (TPSA) is 93.8 Å². The van der Waals surface area contributed by atoms with E-state index in [1.165, 1.54) is 6.21 Å². The molecule has 6 nitrogen and oxygen atoms in total. The third-order valence-electron chi connectivity index (χ3n) is 2.51. The van der Waals surface area contributed by atoms with Gasteiger partial charge in [0.1, 0.15) is 11.5 Å². The van der Waals surface area contributed by atoms with E-state index in [1.54, 1.807) is 48.5 Å². The van der Waals surface area contributed by atoms with Crippen molar-refractivity contribution in [2.24, 2.45) is 10.8 Å². The first-order valence-electron chi connectivity index (χ1n) is 6.21. The molecule has 0 aliphatic rings. The van der Waals surface area contributed by atoms with Gasteiger partial charge in [0.05, 0.1) is 6.21 Å². The van der Waals surface area contributed by atoms with Crippen molar-refractivity contribution in [1.29, 1.82) is 0 Å². The molecule has 3 N–H and O–H groups in total. The van der Waals surface area contributed by atoms with E-state index in [4.69, 9.17) is 22.1 Å². The van der Waals surface area contributed by atoms with E-state index in [0.717, 1.165) is 0 Å². The number of primary amides is 1. The maximum Gasteiger partial charge on any atom is 0.329 e. The molecule has 2 aromatic carbocycles. The number of nitrogens with two attached hydrogens (primary N) is 1. The lowest BCUT2D eigenvalue weighted by molar-refractivity contribution is -0.137. The second-order valence-electron chi connectivity index (χ2n) is 4.19. The molecule has 0 radical (unpaired) electrons. The number of carbonyl (C=O) groups excluding carboxylic acids is 2. The molecule has 0 aliphatic carbocycles. The van der Waals surface area contributed by atoms with Gasteiger partial charge in [0, 0.05) is 5.02 Å². The van der Waals surface area contributed by atoms with Crippen LogP contribution in [0.4, 0.5) is 0 Å². The van der Waals surface area contributed by atoms with Crippen LogP contribution in [0.15, 0.2) is 53.6 Å². The molecule has 0 spiro atoms. The molecule has 22 heavy (non-hydrogen) atoms. The van der Waals surface area contributed by atoms with Crippen molar-refractivity contribution < 1.29 is 14.3 Å². The third kappa shape index (κ3) is 4.60. The Morgan fingerprint density at radius 1 is 1.14 bits per heavy atom. The van der Waals surface area contributed by atoms with Crippen LogP contribution in [0.2, 0.25) is 5.02 Å². The fourth-order valence-corrected chi connectivity index (χ4v) is 1.64. The Morgan fingerprint density at radius 2 is 1.86 bits per heavy atom. The number of rotatable bonds is 4. The summed E-state index contributed by atoms with van der Waals surface area (Å²) in [4.78, 5) is 21.5. The van der Waals surface area contributed by atoms with Crippen LogP contribution in [0.25, 0.3) is 0 Å². The predicted molar refractivity (Wildman–Crippen MR) is 82.9 cm³/mol. The van der Waals surface area contributed by atoms with Gasteiger partial charge in [0.2, 0.25) is 0 Å². The second-order valence-corrected chi connectivity index (χ2v) is 4.63. The van der Waals surface area contributed by atoms with Crippen LogP contribution in [0.1, 0.15) is 5.56 Å². The number of benzene rings is 2. The molecular formula is C15H12ClN3O3. The van der Waals surface area contributed by atoms with E-state index >= 15 is 0 Å². The number of amides is 2. The van der Waals surface area contributed by atoms with Crippen molar-refractivity contribution in [1.82, 2.24) is 5.43 Å². The molecule has 2 amide bonds. The minimum absolute atomic E-state index is 0.590. The maximum absolute atomic E-state index is 10.9. The Kier molecular flexibility index (Phi) is 5.11. The molecule has 7 heteroatoms. The summed E-state index contributed by atoms with van der Waals surface area (Å²) in [5.74, 6) is -0.852. The van der Waals surface area contributed by atoms with Gasteiger partial charge in [-0.3, -0.25) is 9.59 Å². The van der Waals surface area contributed by atoms with E-state index in [1.807, 2.05) is 5.43 Å². The van der Waals surface area contributed by atoms with E-state index < -0.39 is 11.8 Å². The summed E-state index contributed by atoms with van der Waals surface area (Å²) < 4.78 is 5.66. The third-order valence-corrected chi connectivity index (χ3v) is 2.76. The number of nitrogens with one attached hydrogen (secondary N) is 1. The molecule has 0 saturated carbocycles. The minimum atomic E-state index is -1.10. The lowest BCUT2D eigenvalue weighted by Crippen LogP contribution is -2.32. The van der Waals surface area contributed by atoms with Crippen molar-refractivity contribution in [2.45, 2.75) is 0 Å². The van der Waals surface area contributed by atoms with Gasteiger partial charge in [-0.05, 0) is 42.0 Å². The van der Waals surface area contributed by atoms with Crippen molar-refractivity contribution in [3.63, 3.8) is 0 Å². The number of hydrogen-bond acceptors (Lipinski definition) is 4. The Balaban J connectivity index is 2.03. The average molecular weight is 318 g/mol. The number of nitrogens with zero attached hydrogens (tertiary/aromatic N) is 1. The first kappa shape index (κ1) is 15.5. The zero-order chi connectivity index (χ0) is 15.9. The summed E-state index contributed by atoms with van der Waals surface area (Å²) >= 11 is 5.80. The molecule has 2 aromatic rings. The van der Waals surface area contributed by atoms with Crippen LogP contribution in [0.3, 0.4) is 0 Å². The van der Waals surface area contributed by atoms with Crippen LogP contribution in [-0.4, -0.2) is 18.0 Å². The van der Waals surface area contributed by atoms with E-state index in [2.05, 4.69) is 5.10 Å². The lowest BCUT2D eigenvalue weighted by atomic mass is 10.2. The lowest BCUT2D eigenvalue weighted by Gasteiger charge is -2.06. The van der Waals surface area contributed by atoms with Crippen LogP contribution in [0, 0.1) is 0 Å². The van der Waals surface area contributed by atoms with Crippen LogP contribution < -0.4 is 15.9 Å². The fraction of sp³-hybridized carbons (Fsp3) is 0. The van der Waals surface area contributed by atoms with Gasteiger partial charge in [-0.2, -0.15) is 5.10 Å². The highest BCUT2D eigenvalue weighted by atomic mass is 35.5. The van der Waals surface area contributed by atoms with Crippen molar-refractivity contribution in [3.8, 4) is 11.5 Å². The number of ether oxygens (including phenoxy) is 1. The first-order valence-corrected chi connectivity index (χ1v) is 6.59. The maximum atomic E-state index is 10.9. The van der Waals surface area contributed by atoms with Gasteiger partial charge in [-0.1, -0.05) is 23.7 Å². The van der Waals surface area contributed by atoms with E-state index in [-0.39, 0.29) is 0 Å². The smallest absolute Gasteiger partial charge is 0.329 e. The van der Waals surface area contributed by atoms with Crippen LogP contribution >= 0.6 is 11.6 Å². The monoisotopic (exact) mass is 317 g/mol. The Hall–Kier alpha value is -2.86. The van der Waals surface area contributed by atoms with E-state index in [9.17, 15) is 9.59 Å². The highest BCUT2D eigenvalue weighted by Gasteiger charge is 2.05. The molecule has 112 valence electrons. The molecule has 0 aliphatic heterocycles. The molecule has 0 heterocycles. The van der Waals surface area contributed by atoms with Gasteiger partial charge < -0.3 is 10.5 Å². The standard InChI is InChI=1S/C15H12ClN3O3/c16-11-4-6-12(7-5-11)22-13-3-1-2-10(8-13)9-18-19-15(21)14(17)20/h1-9H,(H2,17,20)(H,19,21)/b18-9-. The Morgan fingerprint density at radius 3 is 2.55 bits per heavy atom. The summed E-state index contributed by atoms with van der Waals surface area (Å²) in [5.41, 5.74) is 7.47. The highest BCUT2D eigenvalue weighted by molar-refractivity contribution is 6.34. The van der Waals surface area contributed by atoms with Crippen molar-refractivity contribution in [2.75, 3.05) is 0 Å². The molecule has 0 atom stereocenters. The van der Waals surface area contributed by atoms with Gasteiger partial charge in [0.15, 0.2) is 0 Å². The highest BCUT2D eigenvalue weighted by Crippen LogP contribution is 2.23. The molecule has 0 bridgehead atoms. The van der Waals surface area contributed by atoms with Gasteiger partial charge in [-0.25, -0.2) is 5.43 Å².